The van der Waals surface area contributed by atoms with Crippen molar-refractivity contribution in [2.45, 2.75) is 43.7 Å². The predicted octanol–water partition coefficient (Wildman–Crippen LogP) is 2.51. The van der Waals surface area contributed by atoms with Crippen LogP contribution in [0.4, 0.5) is 0 Å². The number of phenolic OH excluding ortho intramolecular Hbond substituents is 1. The molecule has 2 bridgehead atoms. The van der Waals surface area contributed by atoms with Gasteiger partial charge >= 0.3 is 0 Å². The van der Waals surface area contributed by atoms with E-state index in [1.54, 1.807) is 0 Å². The number of likely N-dealkylation sites (tertiary alicyclic amines) is 1. The first-order valence-electron chi connectivity index (χ1n) is 9.23. The first kappa shape index (κ1) is 16.6. The molecule has 0 spiro atoms. The third-order valence-electron chi connectivity index (χ3n) is 6.29. The van der Waals surface area contributed by atoms with Crippen LogP contribution in [0.25, 0.3) is 0 Å². The van der Waals surface area contributed by atoms with Gasteiger partial charge in [-0.2, -0.15) is 0 Å². The number of fused-ring (bicyclic) bond motifs is 4. The van der Waals surface area contributed by atoms with E-state index in [0.29, 0.717) is 17.8 Å². The maximum atomic E-state index is 10.0. The van der Waals surface area contributed by atoms with Gasteiger partial charge in [0.15, 0.2) is 0 Å². The van der Waals surface area contributed by atoms with Crippen molar-refractivity contribution in [1.29, 1.82) is 0 Å². The number of hydrogen-bond acceptors (Lipinski definition) is 4. The number of aromatic hydroxyl groups is 1. The lowest BCUT2D eigenvalue weighted by Gasteiger charge is -2.55. The number of aromatic nitrogens is 1. The molecule has 1 aliphatic heterocycles. The molecule has 1 aliphatic carbocycles. The number of pyridine rings is 1. The standard InChI is InChI=1S/C21H27N3O/c1-21-8-12-24(2)19(13-16-3-4-17(25)14-18(16)21)20(21)23-11-7-15-5-9-22-10-6-15/h3-6,9-10,14,19-20,23,25H,7-8,11-13H2,1-2H3/t19-,20-,21+/m1/s1. The smallest absolute Gasteiger partial charge is 0.115 e. The van der Waals surface area contributed by atoms with Crippen LogP contribution in [0.5, 0.6) is 5.75 Å². The third kappa shape index (κ3) is 2.94. The average Bonchev–Trinajstić information content (AvgIpc) is 2.62. The molecule has 4 nitrogen and oxygen atoms in total. The summed E-state index contributed by atoms with van der Waals surface area (Å²) in [5.41, 5.74) is 4.11. The number of nitrogens with zero attached hydrogens (tertiary/aromatic N) is 2. The molecule has 25 heavy (non-hydrogen) atoms. The van der Waals surface area contributed by atoms with E-state index in [0.717, 1.165) is 32.4 Å². The van der Waals surface area contributed by atoms with E-state index in [2.05, 4.69) is 47.4 Å². The third-order valence-corrected chi connectivity index (χ3v) is 6.29. The van der Waals surface area contributed by atoms with E-state index in [1.165, 1.54) is 16.7 Å². The summed E-state index contributed by atoms with van der Waals surface area (Å²) in [6, 6.07) is 11.0. The van der Waals surface area contributed by atoms with E-state index < -0.39 is 0 Å². The first-order valence-corrected chi connectivity index (χ1v) is 9.23. The Labute approximate surface area is 149 Å². The number of likely N-dealkylation sites (N-methyl/N-ethyl adjacent to an activating group) is 1. The Kier molecular flexibility index (Phi) is 4.26. The van der Waals surface area contributed by atoms with Gasteiger partial charge in [0.25, 0.3) is 0 Å². The fourth-order valence-electron chi connectivity index (χ4n) is 4.77. The number of phenols is 1. The van der Waals surface area contributed by atoms with Crippen LogP contribution >= 0.6 is 0 Å². The van der Waals surface area contributed by atoms with Gasteiger partial charge in [-0.1, -0.05) is 13.0 Å². The highest BCUT2D eigenvalue weighted by molar-refractivity contribution is 5.45. The number of nitrogens with one attached hydrogen (secondary N) is 1. The number of rotatable bonds is 4. The Balaban J connectivity index is 1.58. The van der Waals surface area contributed by atoms with Crippen LogP contribution in [0.2, 0.25) is 0 Å². The summed E-state index contributed by atoms with van der Waals surface area (Å²) in [5, 5.41) is 13.9. The maximum Gasteiger partial charge on any atom is 0.115 e. The normalized spacial score (nSPS) is 28.6. The Morgan fingerprint density at radius 3 is 2.88 bits per heavy atom. The molecule has 2 N–H and O–H groups in total. The molecule has 0 unspecified atom stereocenters. The van der Waals surface area contributed by atoms with Gasteiger partial charge in [0.05, 0.1) is 0 Å². The fraction of sp³-hybridized carbons (Fsp3) is 0.476. The summed E-state index contributed by atoms with van der Waals surface area (Å²) in [5.74, 6) is 0.382. The molecule has 4 rings (SSSR count). The summed E-state index contributed by atoms with van der Waals surface area (Å²) < 4.78 is 0. The van der Waals surface area contributed by atoms with Crippen LogP contribution in [0, 0.1) is 0 Å². The Bertz CT molecular complexity index is 748. The second-order valence-electron chi connectivity index (χ2n) is 7.80. The minimum Gasteiger partial charge on any atom is -0.508 e. The van der Waals surface area contributed by atoms with Gasteiger partial charge in [0, 0.05) is 29.9 Å². The molecule has 2 heterocycles. The zero-order valence-corrected chi connectivity index (χ0v) is 15.1. The lowest BCUT2D eigenvalue weighted by molar-refractivity contribution is 0.0663. The SMILES string of the molecule is CN1CC[C@@]2(C)c3cc(O)ccc3C[C@@H]1[C@H]2NCCc1ccncc1. The molecule has 2 aliphatic rings. The summed E-state index contributed by atoms with van der Waals surface area (Å²) in [7, 11) is 2.24. The molecule has 1 fully saturated rings. The van der Waals surface area contributed by atoms with Crippen LogP contribution in [0.15, 0.2) is 42.7 Å². The quantitative estimate of drug-likeness (QED) is 0.900. The van der Waals surface area contributed by atoms with E-state index in [1.807, 2.05) is 24.5 Å². The van der Waals surface area contributed by atoms with Crippen molar-refractivity contribution < 1.29 is 5.11 Å². The van der Waals surface area contributed by atoms with Crippen LogP contribution in [0.1, 0.15) is 30.0 Å². The Morgan fingerprint density at radius 1 is 1.28 bits per heavy atom. The van der Waals surface area contributed by atoms with Crippen molar-refractivity contribution >= 4 is 0 Å². The second-order valence-corrected chi connectivity index (χ2v) is 7.80. The number of piperidine rings is 1. The van der Waals surface area contributed by atoms with Crippen molar-refractivity contribution in [3.63, 3.8) is 0 Å². The molecule has 1 aromatic heterocycles. The molecule has 0 radical (unpaired) electrons. The monoisotopic (exact) mass is 337 g/mol. The first-order chi connectivity index (χ1) is 12.1. The van der Waals surface area contributed by atoms with Gasteiger partial charge in [0.2, 0.25) is 0 Å². The largest absolute Gasteiger partial charge is 0.508 e. The summed E-state index contributed by atoms with van der Waals surface area (Å²) in [4.78, 5) is 6.59. The van der Waals surface area contributed by atoms with E-state index in [9.17, 15) is 5.11 Å². The molecule has 1 saturated heterocycles. The molecule has 0 saturated carbocycles. The Hall–Kier alpha value is -1.91. The molecular formula is C21H27N3O. The summed E-state index contributed by atoms with van der Waals surface area (Å²) in [6.45, 7) is 4.44. The van der Waals surface area contributed by atoms with E-state index >= 15 is 0 Å². The van der Waals surface area contributed by atoms with Crippen molar-refractivity contribution in [2.75, 3.05) is 20.1 Å². The molecule has 4 heteroatoms. The highest BCUT2D eigenvalue weighted by Gasteiger charge is 2.49. The molecule has 0 amide bonds. The molecule has 2 aromatic rings. The van der Waals surface area contributed by atoms with Gasteiger partial charge in [0.1, 0.15) is 5.75 Å². The fourth-order valence-corrected chi connectivity index (χ4v) is 4.77. The van der Waals surface area contributed by atoms with Gasteiger partial charge in [-0.05, 0) is 80.4 Å². The van der Waals surface area contributed by atoms with Crippen LogP contribution in [0.3, 0.4) is 0 Å². The van der Waals surface area contributed by atoms with Gasteiger partial charge in [-0.25, -0.2) is 0 Å². The average molecular weight is 337 g/mol. The number of hydrogen-bond donors (Lipinski definition) is 2. The van der Waals surface area contributed by atoms with Gasteiger partial charge < -0.3 is 15.3 Å². The van der Waals surface area contributed by atoms with Crippen molar-refractivity contribution in [3.8, 4) is 5.75 Å². The molecular weight excluding hydrogens is 310 g/mol. The zero-order valence-electron chi connectivity index (χ0n) is 15.1. The second kappa shape index (κ2) is 6.43. The van der Waals surface area contributed by atoms with Crippen molar-refractivity contribution in [1.82, 2.24) is 15.2 Å². The predicted molar refractivity (Wildman–Crippen MR) is 99.9 cm³/mol. The topological polar surface area (TPSA) is 48.4 Å². The Morgan fingerprint density at radius 2 is 2.08 bits per heavy atom. The summed E-state index contributed by atoms with van der Waals surface area (Å²) in [6.07, 6.45) is 6.90. The van der Waals surface area contributed by atoms with Crippen LogP contribution in [-0.2, 0) is 18.3 Å². The highest BCUT2D eigenvalue weighted by atomic mass is 16.3. The lowest BCUT2D eigenvalue weighted by atomic mass is 9.61. The molecule has 3 atom stereocenters. The minimum atomic E-state index is 0.0712. The van der Waals surface area contributed by atoms with E-state index in [4.69, 9.17) is 0 Å². The number of benzene rings is 1. The summed E-state index contributed by atoms with van der Waals surface area (Å²) >= 11 is 0. The highest BCUT2D eigenvalue weighted by Crippen LogP contribution is 2.45. The van der Waals surface area contributed by atoms with Crippen LogP contribution in [-0.4, -0.2) is 47.2 Å². The van der Waals surface area contributed by atoms with Gasteiger partial charge in [-0.3, -0.25) is 4.98 Å². The lowest BCUT2D eigenvalue weighted by Crippen LogP contribution is -2.66. The minimum absolute atomic E-state index is 0.0712. The van der Waals surface area contributed by atoms with Crippen molar-refractivity contribution in [3.05, 3.63) is 59.4 Å². The van der Waals surface area contributed by atoms with Crippen LogP contribution < -0.4 is 5.32 Å². The zero-order chi connectivity index (χ0) is 17.4. The van der Waals surface area contributed by atoms with Crippen molar-refractivity contribution in [2.24, 2.45) is 0 Å². The maximum absolute atomic E-state index is 10.0. The van der Waals surface area contributed by atoms with Gasteiger partial charge in [-0.15, -0.1) is 0 Å². The molecule has 132 valence electrons. The molecule has 1 aromatic carbocycles. The van der Waals surface area contributed by atoms with E-state index in [-0.39, 0.29) is 5.41 Å².